The van der Waals surface area contributed by atoms with Crippen LogP contribution < -0.4 is 10.1 Å². The van der Waals surface area contributed by atoms with Crippen LogP contribution in [-0.2, 0) is 6.54 Å². The molecule has 19 heavy (non-hydrogen) atoms. The van der Waals surface area contributed by atoms with Gasteiger partial charge in [-0.25, -0.2) is 4.98 Å². The number of anilines is 1. The zero-order valence-corrected chi connectivity index (χ0v) is 12.8. The summed E-state index contributed by atoms with van der Waals surface area (Å²) in [6, 6.07) is 9.76. The van der Waals surface area contributed by atoms with E-state index in [0.717, 1.165) is 15.8 Å². The van der Waals surface area contributed by atoms with Gasteiger partial charge in [0.15, 0.2) is 0 Å². The predicted octanol–water partition coefficient (Wildman–Crippen LogP) is 4.51. The molecule has 1 heterocycles. The lowest BCUT2D eigenvalue weighted by molar-refractivity contribution is 0.340. The molecule has 100 valence electrons. The monoisotopic (exact) mass is 340 g/mol. The van der Waals surface area contributed by atoms with E-state index in [1.54, 1.807) is 6.20 Å². The van der Waals surface area contributed by atoms with Crippen LogP contribution in [0.15, 0.2) is 41.0 Å². The Morgan fingerprint density at radius 3 is 2.95 bits per heavy atom. The van der Waals surface area contributed by atoms with E-state index in [9.17, 15) is 0 Å². The maximum absolute atomic E-state index is 6.10. The third kappa shape index (κ3) is 4.11. The van der Waals surface area contributed by atoms with Crippen molar-refractivity contribution >= 4 is 33.3 Å². The molecule has 2 aromatic rings. The van der Waals surface area contributed by atoms with E-state index in [4.69, 9.17) is 16.3 Å². The number of nitrogens with zero attached hydrogens (tertiary/aromatic N) is 1. The van der Waals surface area contributed by atoms with Gasteiger partial charge in [-0.05, 0) is 46.6 Å². The Labute approximate surface area is 126 Å². The third-order valence-corrected chi connectivity index (χ3v) is 3.20. The van der Waals surface area contributed by atoms with E-state index in [1.807, 2.05) is 37.3 Å². The molecule has 1 aromatic carbocycles. The van der Waals surface area contributed by atoms with Crippen molar-refractivity contribution in [2.75, 3.05) is 11.9 Å². The molecule has 1 aromatic heterocycles. The van der Waals surface area contributed by atoms with Gasteiger partial charge in [-0.3, -0.25) is 0 Å². The molecule has 5 heteroatoms. The smallest absolute Gasteiger partial charge is 0.145 e. The average Bonchev–Trinajstić information content (AvgIpc) is 2.38. The molecule has 1 N–H and O–H groups in total. The molecule has 0 atom stereocenters. The maximum atomic E-state index is 6.10. The van der Waals surface area contributed by atoms with Gasteiger partial charge in [0, 0.05) is 17.2 Å². The summed E-state index contributed by atoms with van der Waals surface area (Å²) >= 11 is 9.42. The standard InChI is InChI=1S/C14H14BrClN2O/c1-2-19-12-5-3-4-10(6-12)8-17-14-13(16)7-11(15)9-18-14/h3-7,9H,2,8H2,1H3,(H,17,18). The van der Waals surface area contributed by atoms with Crippen molar-refractivity contribution < 1.29 is 4.74 Å². The molecule has 0 saturated carbocycles. The molecule has 0 radical (unpaired) electrons. The van der Waals surface area contributed by atoms with Gasteiger partial charge in [0.25, 0.3) is 0 Å². The van der Waals surface area contributed by atoms with E-state index in [2.05, 4.69) is 26.2 Å². The minimum Gasteiger partial charge on any atom is -0.494 e. The molecule has 0 amide bonds. The third-order valence-electron chi connectivity index (χ3n) is 2.48. The lowest BCUT2D eigenvalue weighted by Gasteiger charge is -2.09. The Morgan fingerprint density at radius 2 is 2.21 bits per heavy atom. The van der Waals surface area contributed by atoms with Crippen LogP contribution in [0.4, 0.5) is 5.82 Å². The van der Waals surface area contributed by atoms with Gasteiger partial charge in [0.1, 0.15) is 11.6 Å². The van der Waals surface area contributed by atoms with Crippen LogP contribution in [0.25, 0.3) is 0 Å². The highest BCUT2D eigenvalue weighted by molar-refractivity contribution is 9.10. The quantitative estimate of drug-likeness (QED) is 0.869. The number of pyridine rings is 1. The van der Waals surface area contributed by atoms with Crippen molar-refractivity contribution in [2.45, 2.75) is 13.5 Å². The normalized spacial score (nSPS) is 10.3. The lowest BCUT2D eigenvalue weighted by Crippen LogP contribution is -2.02. The predicted molar refractivity (Wildman–Crippen MR) is 81.9 cm³/mol. The largest absolute Gasteiger partial charge is 0.494 e. The molecule has 0 unspecified atom stereocenters. The van der Waals surface area contributed by atoms with E-state index < -0.39 is 0 Å². The first kappa shape index (κ1) is 14.2. The Bertz CT molecular complexity index is 563. The number of hydrogen-bond acceptors (Lipinski definition) is 3. The summed E-state index contributed by atoms with van der Waals surface area (Å²) < 4.78 is 6.32. The van der Waals surface area contributed by atoms with Crippen LogP contribution in [0.5, 0.6) is 5.75 Å². The van der Waals surface area contributed by atoms with Crippen molar-refractivity contribution in [1.82, 2.24) is 4.98 Å². The second kappa shape index (κ2) is 6.78. The molecule has 0 fully saturated rings. The van der Waals surface area contributed by atoms with Gasteiger partial charge in [0.05, 0.1) is 11.6 Å². The van der Waals surface area contributed by atoms with Crippen molar-refractivity contribution in [3.05, 3.63) is 51.6 Å². The molecule has 0 spiro atoms. The zero-order valence-electron chi connectivity index (χ0n) is 10.5. The topological polar surface area (TPSA) is 34.1 Å². The molecule has 0 bridgehead atoms. The van der Waals surface area contributed by atoms with Crippen LogP contribution in [0.1, 0.15) is 12.5 Å². The maximum Gasteiger partial charge on any atom is 0.145 e. The van der Waals surface area contributed by atoms with Crippen molar-refractivity contribution in [3.63, 3.8) is 0 Å². The number of halogens is 2. The van der Waals surface area contributed by atoms with E-state index >= 15 is 0 Å². The minimum absolute atomic E-state index is 0.593. The van der Waals surface area contributed by atoms with Crippen LogP contribution in [-0.4, -0.2) is 11.6 Å². The summed E-state index contributed by atoms with van der Waals surface area (Å²) in [5.74, 6) is 1.54. The summed E-state index contributed by atoms with van der Waals surface area (Å²) in [7, 11) is 0. The fourth-order valence-electron chi connectivity index (χ4n) is 1.64. The van der Waals surface area contributed by atoms with Gasteiger partial charge >= 0.3 is 0 Å². The molecular weight excluding hydrogens is 328 g/mol. The van der Waals surface area contributed by atoms with Crippen LogP contribution >= 0.6 is 27.5 Å². The first-order chi connectivity index (χ1) is 9.19. The van der Waals surface area contributed by atoms with Crippen LogP contribution in [0, 0.1) is 0 Å². The van der Waals surface area contributed by atoms with Gasteiger partial charge < -0.3 is 10.1 Å². The fraction of sp³-hybridized carbons (Fsp3) is 0.214. The average molecular weight is 342 g/mol. The van der Waals surface area contributed by atoms with Gasteiger partial charge in [-0.2, -0.15) is 0 Å². The first-order valence-electron chi connectivity index (χ1n) is 5.95. The van der Waals surface area contributed by atoms with Crippen molar-refractivity contribution in [3.8, 4) is 5.75 Å². The zero-order chi connectivity index (χ0) is 13.7. The van der Waals surface area contributed by atoms with E-state index in [1.165, 1.54) is 0 Å². The minimum atomic E-state index is 0.593. The molecule has 0 aliphatic heterocycles. The van der Waals surface area contributed by atoms with Crippen molar-refractivity contribution in [2.24, 2.45) is 0 Å². The highest BCUT2D eigenvalue weighted by atomic mass is 79.9. The second-order valence-electron chi connectivity index (χ2n) is 3.92. The lowest BCUT2D eigenvalue weighted by atomic mass is 10.2. The molecule has 3 nitrogen and oxygen atoms in total. The van der Waals surface area contributed by atoms with Gasteiger partial charge in [-0.1, -0.05) is 23.7 Å². The number of benzene rings is 1. The van der Waals surface area contributed by atoms with Crippen molar-refractivity contribution in [1.29, 1.82) is 0 Å². The molecule has 0 saturated heterocycles. The highest BCUT2D eigenvalue weighted by Crippen LogP contribution is 2.23. The summed E-state index contributed by atoms with van der Waals surface area (Å²) in [5, 5.41) is 3.80. The SMILES string of the molecule is CCOc1cccc(CNc2ncc(Br)cc2Cl)c1. The number of ether oxygens (including phenoxy) is 1. The number of nitrogens with one attached hydrogen (secondary N) is 1. The Kier molecular flexibility index (Phi) is 5.05. The number of rotatable bonds is 5. The Balaban J connectivity index is 2.03. The highest BCUT2D eigenvalue weighted by Gasteiger charge is 2.03. The van der Waals surface area contributed by atoms with E-state index in [-0.39, 0.29) is 0 Å². The summed E-state index contributed by atoms with van der Waals surface area (Å²) in [6.07, 6.45) is 1.71. The summed E-state index contributed by atoms with van der Waals surface area (Å²) in [4.78, 5) is 4.23. The van der Waals surface area contributed by atoms with Crippen LogP contribution in [0.2, 0.25) is 5.02 Å². The summed E-state index contributed by atoms with van der Waals surface area (Å²) in [6.45, 7) is 3.28. The van der Waals surface area contributed by atoms with Gasteiger partial charge in [0.2, 0.25) is 0 Å². The van der Waals surface area contributed by atoms with Gasteiger partial charge in [-0.15, -0.1) is 0 Å². The molecular formula is C14H14BrClN2O. The number of aromatic nitrogens is 1. The molecule has 2 rings (SSSR count). The molecule has 0 aliphatic carbocycles. The first-order valence-corrected chi connectivity index (χ1v) is 7.13. The second-order valence-corrected chi connectivity index (χ2v) is 5.24. The number of hydrogen-bond donors (Lipinski definition) is 1. The molecule has 0 aliphatic rings. The summed E-state index contributed by atoms with van der Waals surface area (Å²) in [5.41, 5.74) is 1.12. The Morgan fingerprint density at radius 1 is 1.37 bits per heavy atom. The Hall–Kier alpha value is -1.26. The van der Waals surface area contributed by atoms with Crippen LogP contribution in [0.3, 0.4) is 0 Å². The fourth-order valence-corrected chi connectivity index (χ4v) is 2.34. The van der Waals surface area contributed by atoms with E-state index in [0.29, 0.717) is 24.0 Å².